The van der Waals surface area contributed by atoms with Crippen molar-refractivity contribution in [3.8, 4) is 0 Å². The lowest BCUT2D eigenvalue weighted by Crippen LogP contribution is -2.33. The van der Waals surface area contributed by atoms with Crippen LogP contribution in [0.5, 0.6) is 0 Å². The lowest BCUT2D eigenvalue weighted by Gasteiger charge is -2.28. The number of β-amino-alcohol motifs (C(OH)–C–C–N with tert-alkyl or cyclic N) is 1. The molecule has 23 heavy (non-hydrogen) atoms. The van der Waals surface area contributed by atoms with Crippen molar-refractivity contribution in [3.63, 3.8) is 0 Å². The summed E-state index contributed by atoms with van der Waals surface area (Å²) in [7, 11) is 0. The number of carboxylic acid groups (broad SMARTS) is 2. The minimum absolute atomic E-state index is 0. The van der Waals surface area contributed by atoms with Crippen molar-refractivity contribution >= 4 is 11.9 Å². The van der Waals surface area contributed by atoms with Crippen LogP contribution in [0, 0.1) is 5.82 Å². The van der Waals surface area contributed by atoms with Crippen molar-refractivity contribution in [2.75, 3.05) is 19.6 Å². The molecule has 0 saturated carbocycles. The zero-order valence-electron chi connectivity index (χ0n) is 12.6. The third-order valence-electron chi connectivity index (χ3n) is 3.32. The monoisotopic (exact) mass is 331 g/mol. The van der Waals surface area contributed by atoms with Gasteiger partial charge in [0, 0.05) is 6.54 Å². The number of carbonyl (C=O) groups is 2. The van der Waals surface area contributed by atoms with Crippen molar-refractivity contribution in [1.82, 2.24) is 4.90 Å². The Morgan fingerprint density at radius 2 is 1.52 bits per heavy atom. The molecular weight excluding hydrogens is 309 g/mol. The standard InChI is InChI=1S/C13H18FNO.C2H2O4.H2O/c14-12-6-4-11(5-7-12)13(16)10-15-8-2-1-3-9-15;3-1(4)2(5)6;/h4-7,13,16H,1-3,8-10H2;(H,3,4)(H,5,6);1H2. The van der Waals surface area contributed by atoms with E-state index in [9.17, 15) is 9.50 Å². The Balaban J connectivity index is 0.000000599. The fourth-order valence-corrected chi connectivity index (χ4v) is 2.18. The summed E-state index contributed by atoms with van der Waals surface area (Å²) in [4.78, 5) is 20.5. The van der Waals surface area contributed by atoms with Crippen molar-refractivity contribution in [1.29, 1.82) is 0 Å². The molecule has 1 aromatic rings. The minimum atomic E-state index is -1.82. The van der Waals surface area contributed by atoms with Gasteiger partial charge in [0.1, 0.15) is 5.82 Å². The van der Waals surface area contributed by atoms with E-state index < -0.39 is 18.0 Å². The average molecular weight is 331 g/mol. The molecule has 0 aliphatic carbocycles. The maximum Gasteiger partial charge on any atom is 0.414 e. The zero-order chi connectivity index (χ0) is 16.5. The van der Waals surface area contributed by atoms with E-state index in [1.54, 1.807) is 12.1 Å². The molecule has 0 radical (unpaired) electrons. The van der Waals surface area contributed by atoms with Gasteiger partial charge in [0.25, 0.3) is 0 Å². The first-order valence-corrected chi connectivity index (χ1v) is 7.02. The number of hydrogen-bond donors (Lipinski definition) is 3. The number of halogens is 1. The van der Waals surface area contributed by atoms with Gasteiger partial charge in [-0.15, -0.1) is 0 Å². The van der Waals surface area contributed by atoms with Gasteiger partial charge in [-0.05, 0) is 43.6 Å². The molecule has 5 N–H and O–H groups in total. The van der Waals surface area contributed by atoms with Crippen molar-refractivity contribution in [2.45, 2.75) is 25.4 Å². The number of aliphatic hydroxyl groups excluding tert-OH is 1. The van der Waals surface area contributed by atoms with E-state index in [0.717, 1.165) is 18.7 Å². The number of piperidine rings is 1. The topological polar surface area (TPSA) is 130 Å². The Kier molecular flexibility index (Phi) is 9.71. The quantitative estimate of drug-likeness (QED) is 0.698. The molecule has 0 spiro atoms. The normalized spacial score (nSPS) is 15.6. The third-order valence-corrected chi connectivity index (χ3v) is 3.32. The van der Waals surface area contributed by atoms with Crippen LogP contribution in [-0.4, -0.2) is 57.3 Å². The van der Waals surface area contributed by atoms with Crippen LogP contribution in [0.1, 0.15) is 30.9 Å². The van der Waals surface area contributed by atoms with Gasteiger partial charge in [-0.2, -0.15) is 0 Å². The van der Waals surface area contributed by atoms with Gasteiger partial charge < -0.3 is 25.7 Å². The maximum atomic E-state index is 12.7. The van der Waals surface area contributed by atoms with Gasteiger partial charge in [-0.25, -0.2) is 14.0 Å². The van der Waals surface area contributed by atoms with Crippen LogP contribution in [0.2, 0.25) is 0 Å². The van der Waals surface area contributed by atoms with E-state index in [0.29, 0.717) is 6.54 Å². The number of rotatable bonds is 3. The largest absolute Gasteiger partial charge is 0.473 e. The second-order valence-corrected chi connectivity index (χ2v) is 5.04. The molecule has 1 fully saturated rings. The Labute approximate surface area is 133 Å². The maximum absolute atomic E-state index is 12.7. The first kappa shape index (κ1) is 21.0. The van der Waals surface area contributed by atoms with Crippen LogP contribution < -0.4 is 0 Å². The highest BCUT2D eigenvalue weighted by Crippen LogP contribution is 2.17. The number of benzene rings is 1. The summed E-state index contributed by atoms with van der Waals surface area (Å²) in [6, 6.07) is 6.11. The number of aliphatic hydroxyl groups is 1. The molecule has 2 rings (SSSR count). The molecule has 1 saturated heterocycles. The second-order valence-electron chi connectivity index (χ2n) is 5.04. The summed E-state index contributed by atoms with van der Waals surface area (Å²) in [5.41, 5.74) is 0.798. The first-order chi connectivity index (χ1) is 10.4. The molecule has 0 amide bonds. The second kappa shape index (κ2) is 10.7. The highest BCUT2D eigenvalue weighted by atomic mass is 19.1. The fourth-order valence-electron chi connectivity index (χ4n) is 2.18. The Bertz CT molecular complexity index is 475. The molecule has 1 heterocycles. The number of nitrogens with zero attached hydrogens (tertiary/aromatic N) is 1. The van der Waals surface area contributed by atoms with E-state index in [1.807, 2.05) is 0 Å². The van der Waals surface area contributed by atoms with Gasteiger partial charge in [0.15, 0.2) is 0 Å². The number of likely N-dealkylation sites (tertiary alicyclic amines) is 1. The Morgan fingerprint density at radius 1 is 1.04 bits per heavy atom. The molecule has 1 atom stereocenters. The van der Waals surface area contributed by atoms with E-state index in [-0.39, 0.29) is 11.3 Å². The smallest absolute Gasteiger partial charge is 0.414 e. The van der Waals surface area contributed by atoms with E-state index >= 15 is 0 Å². The van der Waals surface area contributed by atoms with Crippen LogP contribution in [0.4, 0.5) is 4.39 Å². The summed E-state index contributed by atoms with van der Waals surface area (Å²) >= 11 is 0. The van der Waals surface area contributed by atoms with Gasteiger partial charge in [0.2, 0.25) is 0 Å². The van der Waals surface area contributed by atoms with Crippen LogP contribution in [0.15, 0.2) is 24.3 Å². The molecule has 1 aliphatic rings. The van der Waals surface area contributed by atoms with Crippen LogP contribution in [-0.2, 0) is 9.59 Å². The summed E-state index contributed by atoms with van der Waals surface area (Å²) in [5, 5.41) is 24.8. The summed E-state index contributed by atoms with van der Waals surface area (Å²) in [6.45, 7) is 2.79. The Hall–Kier alpha value is -2.03. The van der Waals surface area contributed by atoms with Crippen LogP contribution in [0.25, 0.3) is 0 Å². The molecule has 0 aromatic heterocycles. The van der Waals surface area contributed by atoms with Crippen molar-refractivity contribution in [3.05, 3.63) is 35.6 Å². The van der Waals surface area contributed by atoms with Gasteiger partial charge >= 0.3 is 11.9 Å². The fraction of sp³-hybridized carbons (Fsp3) is 0.467. The highest BCUT2D eigenvalue weighted by molar-refractivity contribution is 6.27. The molecule has 1 unspecified atom stereocenters. The molecule has 1 aromatic carbocycles. The van der Waals surface area contributed by atoms with E-state index in [4.69, 9.17) is 19.8 Å². The number of aliphatic carboxylic acids is 2. The summed E-state index contributed by atoms with van der Waals surface area (Å²) in [5.74, 6) is -3.90. The Morgan fingerprint density at radius 3 is 1.96 bits per heavy atom. The first-order valence-electron chi connectivity index (χ1n) is 7.02. The number of hydrogen-bond acceptors (Lipinski definition) is 4. The van der Waals surface area contributed by atoms with Gasteiger partial charge in [-0.1, -0.05) is 18.6 Å². The average Bonchev–Trinajstić information content (AvgIpc) is 2.49. The van der Waals surface area contributed by atoms with E-state index in [1.165, 1.54) is 31.4 Å². The predicted octanol–water partition coefficient (Wildman–Crippen LogP) is 0.676. The molecule has 1 aliphatic heterocycles. The van der Waals surface area contributed by atoms with Crippen LogP contribution >= 0.6 is 0 Å². The molecule has 0 bridgehead atoms. The van der Waals surface area contributed by atoms with Crippen molar-refractivity contribution in [2.24, 2.45) is 0 Å². The van der Waals surface area contributed by atoms with Gasteiger partial charge in [-0.3, -0.25) is 0 Å². The molecule has 130 valence electrons. The third kappa shape index (κ3) is 8.24. The summed E-state index contributed by atoms with van der Waals surface area (Å²) < 4.78 is 12.7. The SMILES string of the molecule is O.O=C(O)C(=O)O.OC(CN1CCCCC1)c1ccc(F)cc1. The zero-order valence-corrected chi connectivity index (χ0v) is 12.6. The van der Waals surface area contributed by atoms with E-state index in [2.05, 4.69) is 4.90 Å². The number of carboxylic acids is 2. The minimum Gasteiger partial charge on any atom is -0.473 e. The summed E-state index contributed by atoms with van der Waals surface area (Å²) in [6.07, 6.45) is 3.23. The lowest BCUT2D eigenvalue weighted by atomic mass is 10.1. The highest BCUT2D eigenvalue weighted by Gasteiger charge is 2.15. The molecular formula is C15H22FNO6. The molecule has 8 heteroatoms. The lowest BCUT2D eigenvalue weighted by molar-refractivity contribution is -0.159. The van der Waals surface area contributed by atoms with Gasteiger partial charge in [0.05, 0.1) is 6.10 Å². The predicted molar refractivity (Wildman–Crippen MR) is 80.5 cm³/mol. The van der Waals surface area contributed by atoms with Crippen LogP contribution in [0.3, 0.4) is 0 Å². The van der Waals surface area contributed by atoms with Crippen molar-refractivity contribution < 1.29 is 34.8 Å². The molecule has 7 nitrogen and oxygen atoms in total.